The maximum absolute atomic E-state index is 15.2. The molecule has 2 fully saturated rings. The molecule has 0 unspecified atom stereocenters. The van der Waals surface area contributed by atoms with Gasteiger partial charge >= 0.3 is 6.03 Å². The van der Waals surface area contributed by atoms with Gasteiger partial charge in [0.05, 0.1) is 22.8 Å². The van der Waals surface area contributed by atoms with Crippen LogP contribution in [0.5, 0.6) is 0 Å². The maximum atomic E-state index is 15.2. The molecule has 1 aliphatic heterocycles. The van der Waals surface area contributed by atoms with Crippen LogP contribution in [0.15, 0.2) is 18.2 Å². The lowest BCUT2D eigenvalue weighted by atomic mass is 9.74. The number of urea groups is 1. The minimum atomic E-state index is -1.46. The van der Waals surface area contributed by atoms with E-state index in [1.54, 1.807) is 31.2 Å². The number of ether oxygens (including phenoxy) is 1. The second-order valence-corrected chi connectivity index (χ2v) is 11.6. The van der Waals surface area contributed by atoms with E-state index in [1.165, 1.54) is 25.3 Å². The van der Waals surface area contributed by atoms with E-state index in [9.17, 15) is 15.0 Å². The summed E-state index contributed by atoms with van der Waals surface area (Å²) in [5.41, 5.74) is -1.27. The minimum Gasteiger partial charge on any atom is -0.390 e. The standard InChI is InChI=1S/C29H47ClFN3O4/c1-32-19-26(35)25(18-21-10-4-3-5-11-21)33-28(36)34-16-9-12-22(20-34)29(37,15-6-7-17-38-2)23-13-8-14-24(30)27(23)31/h8,13-14,21-22,25-26,32,35,37H,3-7,9-12,15-20H2,1-2H3,(H,33,36)/t22-,25+,26+,29+/m1/s1. The number of methoxy groups -OCH3 is 1. The molecular weight excluding hydrogens is 509 g/mol. The van der Waals surface area contributed by atoms with Crippen molar-refractivity contribution < 1.29 is 24.1 Å². The van der Waals surface area contributed by atoms with Crippen molar-refractivity contribution in [1.82, 2.24) is 15.5 Å². The molecule has 1 saturated carbocycles. The lowest BCUT2D eigenvalue weighted by molar-refractivity contribution is -0.0589. The van der Waals surface area contributed by atoms with Crippen LogP contribution in [0.1, 0.15) is 76.2 Å². The fourth-order valence-corrected chi connectivity index (χ4v) is 6.46. The number of halogens is 2. The van der Waals surface area contributed by atoms with Gasteiger partial charge in [0.1, 0.15) is 5.82 Å². The number of likely N-dealkylation sites (tertiary alicyclic amines) is 1. The molecule has 1 saturated heterocycles. The number of hydrogen-bond acceptors (Lipinski definition) is 5. The van der Waals surface area contributed by atoms with Gasteiger partial charge in [0, 0.05) is 44.8 Å². The summed E-state index contributed by atoms with van der Waals surface area (Å²) in [5.74, 6) is -0.457. The summed E-state index contributed by atoms with van der Waals surface area (Å²) >= 11 is 6.10. The van der Waals surface area contributed by atoms with Crippen LogP contribution in [0, 0.1) is 17.7 Å². The Balaban J connectivity index is 1.75. The average molecular weight is 556 g/mol. The molecule has 1 heterocycles. The van der Waals surface area contributed by atoms with Crippen molar-refractivity contribution >= 4 is 17.6 Å². The number of hydrogen-bond donors (Lipinski definition) is 4. The smallest absolute Gasteiger partial charge is 0.317 e. The Labute approximate surface area is 232 Å². The molecule has 2 amide bonds. The molecule has 1 aromatic carbocycles. The van der Waals surface area contributed by atoms with Gasteiger partial charge in [-0.05, 0) is 57.6 Å². The minimum absolute atomic E-state index is 0.0210. The van der Waals surface area contributed by atoms with E-state index in [0.29, 0.717) is 57.8 Å². The first-order valence-electron chi connectivity index (χ1n) is 14.3. The number of carbonyl (C=O) groups excluding carboxylic acids is 1. The average Bonchev–Trinajstić information content (AvgIpc) is 2.93. The molecule has 1 aromatic rings. The first kappa shape index (κ1) is 31.1. The number of piperidine rings is 1. The van der Waals surface area contributed by atoms with E-state index in [-0.39, 0.29) is 28.6 Å². The van der Waals surface area contributed by atoms with Crippen LogP contribution < -0.4 is 10.6 Å². The molecule has 9 heteroatoms. The summed E-state index contributed by atoms with van der Waals surface area (Å²) in [6.45, 7) is 1.81. The highest BCUT2D eigenvalue weighted by Crippen LogP contribution is 2.42. The molecule has 0 spiro atoms. The summed E-state index contributed by atoms with van der Waals surface area (Å²) in [7, 11) is 3.43. The van der Waals surface area contributed by atoms with Crippen molar-refractivity contribution in [3.8, 4) is 0 Å². The number of amides is 2. The molecule has 1 aliphatic carbocycles. The summed E-state index contributed by atoms with van der Waals surface area (Å²) in [6, 6.07) is 4.16. The fraction of sp³-hybridized carbons (Fsp3) is 0.759. The molecule has 3 rings (SSSR count). The van der Waals surface area contributed by atoms with Gasteiger partial charge in [0.25, 0.3) is 0 Å². The Morgan fingerprint density at radius 3 is 2.71 bits per heavy atom. The second kappa shape index (κ2) is 15.4. The van der Waals surface area contributed by atoms with Crippen molar-refractivity contribution in [3.05, 3.63) is 34.6 Å². The van der Waals surface area contributed by atoms with E-state index < -0.39 is 17.5 Å². The maximum Gasteiger partial charge on any atom is 0.317 e. The van der Waals surface area contributed by atoms with Crippen LogP contribution in [0.3, 0.4) is 0 Å². The largest absolute Gasteiger partial charge is 0.390 e. The fourth-order valence-electron chi connectivity index (χ4n) is 6.28. The van der Waals surface area contributed by atoms with Gasteiger partial charge in [-0.25, -0.2) is 9.18 Å². The Hall–Kier alpha value is -1.45. The number of unbranched alkanes of at least 4 members (excludes halogenated alkanes) is 1. The van der Waals surface area contributed by atoms with Gasteiger partial charge in [-0.1, -0.05) is 55.8 Å². The third-order valence-electron chi connectivity index (χ3n) is 8.46. The topological polar surface area (TPSA) is 94.1 Å². The summed E-state index contributed by atoms with van der Waals surface area (Å²) in [6.07, 6.45) is 9.09. The Kier molecular flexibility index (Phi) is 12.6. The number of nitrogens with zero attached hydrogens (tertiary/aromatic N) is 1. The van der Waals surface area contributed by atoms with E-state index in [0.717, 1.165) is 25.7 Å². The van der Waals surface area contributed by atoms with E-state index in [4.69, 9.17) is 16.3 Å². The Morgan fingerprint density at radius 2 is 2.00 bits per heavy atom. The van der Waals surface area contributed by atoms with Gasteiger partial charge < -0.3 is 30.5 Å². The third kappa shape index (κ3) is 8.28. The van der Waals surface area contributed by atoms with Gasteiger partial charge in [-0.15, -0.1) is 0 Å². The van der Waals surface area contributed by atoms with E-state index in [1.807, 2.05) is 0 Å². The van der Waals surface area contributed by atoms with Crippen LogP contribution in [0.25, 0.3) is 0 Å². The van der Waals surface area contributed by atoms with Gasteiger partial charge in [0.2, 0.25) is 0 Å². The summed E-state index contributed by atoms with van der Waals surface area (Å²) in [5, 5.41) is 28.9. The summed E-state index contributed by atoms with van der Waals surface area (Å²) < 4.78 is 20.4. The highest BCUT2D eigenvalue weighted by Gasteiger charge is 2.43. The zero-order chi connectivity index (χ0) is 27.5. The number of aliphatic hydroxyl groups is 2. The van der Waals surface area contributed by atoms with Gasteiger partial charge in [-0.2, -0.15) is 0 Å². The predicted molar refractivity (Wildman–Crippen MR) is 149 cm³/mol. The highest BCUT2D eigenvalue weighted by atomic mass is 35.5. The van der Waals surface area contributed by atoms with Crippen molar-refractivity contribution in [2.24, 2.45) is 11.8 Å². The molecule has 2 aliphatic rings. The lowest BCUT2D eigenvalue weighted by Crippen LogP contribution is -2.55. The number of benzene rings is 1. The first-order chi connectivity index (χ1) is 18.3. The van der Waals surface area contributed by atoms with Crippen LogP contribution in [-0.4, -0.2) is 73.7 Å². The van der Waals surface area contributed by atoms with Crippen LogP contribution in [0.4, 0.5) is 9.18 Å². The molecule has 4 N–H and O–H groups in total. The zero-order valence-corrected chi connectivity index (χ0v) is 23.8. The van der Waals surface area contributed by atoms with E-state index in [2.05, 4.69) is 10.6 Å². The SMILES string of the molecule is CNC[C@H](O)[C@H](CC1CCCCC1)NC(=O)N1CCC[C@@H]([C@@](O)(CCCCOC)c2cccc(Cl)c2F)C1. The van der Waals surface area contributed by atoms with Crippen molar-refractivity contribution in [2.45, 2.75) is 88.4 Å². The second-order valence-electron chi connectivity index (χ2n) is 11.2. The van der Waals surface area contributed by atoms with Gasteiger partial charge in [0.15, 0.2) is 0 Å². The molecule has 0 aromatic heterocycles. The van der Waals surface area contributed by atoms with Crippen molar-refractivity contribution in [2.75, 3.05) is 40.4 Å². The normalized spacial score (nSPS) is 22.1. The third-order valence-corrected chi connectivity index (χ3v) is 8.75. The van der Waals surface area contributed by atoms with Crippen LogP contribution in [0.2, 0.25) is 5.02 Å². The molecule has 0 bridgehead atoms. The number of rotatable bonds is 13. The molecule has 0 radical (unpaired) electrons. The van der Waals surface area contributed by atoms with Crippen molar-refractivity contribution in [1.29, 1.82) is 0 Å². The Bertz CT molecular complexity index is 872. The predicted octanol–water partition coefficient (Wildman–Crippen LogP) is 4.82. The monoisotopic (exact) mass is 555 g/mol. The number of carbonyl (C=O) groups is 1. The van der Waals surface area contributed by atoms with E-state index >= 15 is 4.39 Å². The molecule has 38 heavy (non-hydrogen) atoms. The van der Waals surface area contributed by atoms with Crippen molar-refractivity contribution in [3.63, 3.8) is 0 Å². The molecule has 7 nitrogen and oxygen atoms in total. The molecule has 216 valence electrons. The summed E-state index contributed by atoms with van der Waals surface area (Å²) in [4.78, 5) is 15.2. The number of likely N-dealkylation sites (N-methyl/N-ethyl adjacent to an activating group) is 1. The molecule has 4 atom stereocenters. The number of aliphatic hydroxyl groups excluding tert-OH is 1. The lowest BCUT2D eigenvalue weighted by Gasteiger charge is -2.43. The quantitative estimate of drug-likeness (QED) is 0.262. The van der Waals surface area contributed by atoms with Crippen LogP contribution >= 0.6 is 11.6 Å². The zero-order valence-electron chi connectivity index (χ0n) is 23.1. The van der Waals surface area contributed by atoms with Gasteiger partial charge in [-0.3, -0.25) is 0 Å². The highest BCUT2D eigenvalue weighted by molar-refractivity contribution is 6.30. The Morgan fingerprint density at radius 1 is 1.24 bits per heavy atom. The first-order valence-corrected chi connectivity index (χ1v) is 14.7. The van der Waals surface area contributed by atoms with Crippen LogP contribution in [-0.2, 0) is 10.3 Å². The number of nitrogens with one attached hydrogen (secondary N) is 2. The molecular formula is C29H47ClFN3O4.